The van der Waals surface area contributed by atoms with Crippen LogP contribution in [0.5, 0.6) is 0 Å². The molecule has 1 rings (SSSR count). The molecule has 0 bridgehead atoms. The van der Waals surface area contributed by atoms with Crippen LogP contribution in [-0.2, 0) is 14.8 Å². The molecule has 21 heavy (non-hydrogen) atoms. The van der Waals surface area contributed by atoms with Crippen LogP contribution in [0.3, 0.4) is 0 Å². The van der Waals surface area contributed by atoms with E-state index in [4.69, 9.17) is 10.00 Å². The highest BCUT2D eigenvalue weighted by Crippen LogP contribution is 2.19. The van der Waals surface area contributed by atoms with Crippen molar-refractivity contribution in [3.8, 4) is 6.07 Å². The predicted molar refractivity (Wildman–Crippen MR) is 76.6 cm³/mol. The summed E-state index contributed by atoms with van der Waals surface area (Å²) < 4.78 is 46.0. The zero-order chi connectivity index (χ0) is 16.0. The summed E-state index contributed by atoms with van der Waals surface area (Å²) in [5.41, 5.74) is -0.482. The molecule has 0 fully saturated rings. The molecule has 116 valence electrons. The van der Waals surface area contributed by atoms with Gasteiger partial charge in [0.15, 0.2) is 0 Å². The van der Waals surface area contributed by atoms with Gasteiger partial charge in [-0.2, -0.15) is 5.26 Å². The van der Waals surface area contributed by atoms with Gasteiger partial charge < -0.3 is 4.74 Å². The number of rotatable bonds is 7. The third-order valence-corrected chi connectivity index (χ3v) is 4.52. The van der Waals surface area contributed by atoms with E-state index in [-0.39, 0.29) is 17.4 Å². The first-order valence-electron chi connectivity index (χ1n) is 6.62. The fourth-order valence-corrected chi connectivity index (χ4v) is 3.24. The Balaban J connectivity index is 3.11. The standard InChI is InChI=1S/C14H19FN2O3S/c1-4-20-9-13(10(2)3)17-21(18,19)14-7-5-6-12(15)11(14)8-16/h5-7,10,13,17H,4,9H2,1-3H3. The molecular formula is C14H19FN2O3S. The highest BCUT2D eigenvalue weighted by atomic mass is 32.2. The van der Waals surface area contributed by atoms with Gasteiger partial charge in [0.2, 0.25) is 10.0 Å². The van der Waals surface area contributed by atoms with Crippen molar-refractivity contribution in [2.24, 2.45) is 5.92 Å². The normalized spacial score (nSPS) is 13.1. The number of benzene rings is 1. The third kappa shape index (κ3) is 4.49. The highest BCUT2D eigenvalue weighted by Gasteiger charge is 2.26. The zero-order valence-electron chi connectivity index (χ0n) is 12.3. The Bertz CT molecular complexity index is 624. The van der Waals surface area contributed by atoms with Crippen LogP contribution in [0.25, 0.3) is 0 Å². The zero-order valence-corrected chi connectivity index (χ0v) is 13.1. The molecule has 1 N–H and O–H groups in total. The molecule has 1 unspecified atom stereocenters. The molecule has 0 heterocycles. The summed E-state index contributed by atoms with van der Waals surface area (Å²) in [6.07, 6.45) is 0. The Hall–Kier alpha value is -1.49. The molecule has 0 saturated carbocycles. The Morgan fingerprint density at radius 2 is 2.10 bits per heavy atom. The van der Waals surface area contributed by atoms with Gasteiger partial charge in [0, 0.05) is 12.6 Å². The molecule has 1 aromatic carbocycles. The smallest absolute Gasteiger partial charge is 0.242 e. The van der Waals surface area contributed by atoms with Crippen molar-refractivity contribution >= 4 is 10.0 Å². The average Bonchev–Trinajstić information content (AvgIpc) is 2.42. The molecule has 0 amide bonds. The molecule has 0 aliphatic carbocycles. The van der Waals surface area contributed by atoms with Gasteiger partial charge in [-0.25, -0.2) is 17.5 Å². The Morgan fingerprint density at radius 1 is 1.43 bits per heavy atom. The van der Waals surface area contributed by atoms with Gasteiger partial charge in [-0.15, -0.1) is 0 Å². The summed E-state index contributed by atoms with van der Waals surface area (Å²) in [6.45, 7) is 6.19. The molecule has 5 nitrogen and oxygen atoms in total. The minimum atomic E-state index is -3.99. The van der Waals surface area contributed by atoms with Gasteiger partial charge in [0.1, 0.15) is 22.3 Å². The van der Waals surface area contributed by atoms with Crippen LogP contribution in [0.4, 0.5) is 4.39 Å². The lowest BCUT2D eigenvalue weighted by Crippen LogP contribution is -2.42. The summed E-state index contributed by atoms with van der Waals surface area (Å²) in [4.78, 5) is -0.354. The quantitative estimate of drug-likeness (QED) is 0.835. The molecule has 0 aliphatic heterocycles. The third-order valence-electron chi connectivity index (χ3n) is 2.99. The summed E-state index contributed by atoms with van der Waals surface area (Å²) in [5.74, 6) is -0.864. The van der Waals surface area contributed by atoms with Crippen molar-refractivity contribution in [1.82, 2.24) is 4.72 Å². The van der Waals surface area contributed by atoms with Crippen LogP contribution in [0.2, 0.25) is 0 Å². The fourth-order valence-electron chi connectivity index (χ4n) is 1.71. The molecule has 0 aromatic heterocycles. The molecule has 1 aromatic rings. The number of hydrogen-bond donors (Lipinski definition) is 1. The lowest BCUT2D eigenvalue weighted by atomic mass is 10.1. The lowest BCUT2D eigenvalue weighted by Gasteiger charge is -2.22. The van der Waals surface area contributed by atoms with Crippen LogP contribution >= 0.6 is 0 Å². The first kappa shape index (κ1) is 17.6. The molecule has 7 heteroatoms. The molecular weight excluding hydrogens is 295 g/mol. The predicted octanol–water partition coefficient (Wildman–Crippen LogP) is 2.04. The molecule has 0 spiro atoms. The molecule has 0 saturated heterocycles. The van der Waals surface area contributed by atoms with Crippen LogP contribution in [0.1, 0.15) is 26.3 Å². The van der Waals surface area contributed by atoms with Crippen molar-refractivity contribution in [3.05, 3.63) is 29.6 Å². The van der Waals surface area contributed by atoms with E-state index in [9.17, 15) is 12.8 Å². The number of nitrogens with zero attached hydrogens (tertiary/aromatic N) is 1. The van der Waals surface area contributed by atoms with E-state index in [1.807, 2.05) is 20.8 Å². The minimum Gasteiger partial charge on any atom is -0.380 e. The van der Waals surface area contributed by atoms with Crippen LogP contribution < -0.4 is 4.72 Å². The Morgan fingerprint density at radius 3 is 2.62 bits per heavy atom. The topological polar surface area (TPSA) is 79.2 Å². The van der Waals surface area contributed by atoms with E-state index in [1.54, 1.807) is 6.07 Å². The minimum absolute atomic E-state index is 0.00887. The van der Waals surface area contributed by atoms with Gasteiger partial charge in [-0.3, -0.25) is 0 Å². The lowest BCUT2D eigenvalue weighted by molar-refractivity contribution is 0.116. The maximum atomic E-state index is 13.5. The van der Waals surface area contributed by atoms with Crippen molar-refractivity contribution in [3.63, 3.8) is 0 Å². The summed E-state index contributed by atoms with van der Waals surface area (Å²) in [5, 5.41) is 8.94. The second-order valence-corrected chi connectivity index (χ2v) is 6.54. The first-order valence-corrected chi connectivity index (χ1v) is 8.10. The molecule has 1 atom stereocenters. The summed E-state index contributed by atoms with van der Waals surface area (Å²) in [7, 11) is -3.99. The number of sulfonamides is 1. The van der Waals surface area contributed by atoms with Crippen molar-refractivity contribution in [1.29, 1.82) is 5.26 Å². The van der Waals surface area contributed by atoms with Crippen LogP contribution in [0, 0.1) is 23.1 Å². The number of nitriles is 1. The van der Waals surface area contributed by atoms with E-state index in [1.165, 1.54) is 12.1 Å². The SMILES string of the molecule is CCOCC(NS(=O)(=O)c1cccc(F)c1C#N)C(C)C. The Kier molecular flexibility index (Phi) is 6.27. The number of hydrogen-bond acceptors (Lipinski definition) is 4. The Labute approximate surface area is 124 Å². The van der Waals surface area contributed by atoms with Gasteiger partial charge in [-0.05, 0) is 25.0 Å². The average molecular weight is 314 g/mol. The van der Waals surface area contributed by atoms with E-state index in [2.05, 4.69) is 4.72 Å². The van der Waals surface area contributed by atoms with Crippen molar-refractivity contribution in [2.75, 3.05) is 13.2 Å². The van der Waals surface area contributed by atoms with E-state index < -0.39 is 27.4 Å². The van der Waals surface area contributed by atoms with E-state index in [0.29, 0.717) is 6.61 Å². The largest absolute Gasteiger partial charge is 0.380 e. The maximum absolute atomic E-state index is 13.5. The number of nitrogens with one attached hydrogen (secondary N) is 1. The highest BCUT2D eigenvalue weighted by molar-refractivity contribution is 7.89. The van der Waals surface area contributed by atoms with Gasteiger partial charge >= 0.3 is 0 Å². The van der Waals surface area contributed by atoms with Crippen LogP contribution in [-0.4, -0.2) is 27.7 Å². The molecule has 0 radical (unpaired) electrons. The van der Waals surface area contributed by atoms with Crippen LogP contribution in [0.15, 0.2) is 23.1 Å². The van der Waals surface area contributed by atoms with Gasteiger partial charge in [0.05, 0.1) is 6.61 Å². The molecule has 0 aliphatic rings. The van der Waals surface area contributed by atoms with Crippen molar-refractivity contribution < 1.29 is 17.5 Å². The number of halogens is 1. The maximum Gasteiger partial charge on any atom is 0.242 e. The summed E-state index contributed by atoms with van der Waals surface area (Å²) >= 11 is 0. The monoisotopic (exact) mass is 314 g/mol. The van der Waals surface area contributed by atoms with Gasteiger partial charge in [-0.1, -0.05) is 19.9 Å². The van der Waals surface area contributed by atoms with Gasteiger partial charge in [0.25, 0.3) is 0 Å². The second kappa shape index (κ2) is 7.50. The second-order valence-electron chi connectivity index (χ2n) is 4.86. The number of ether oxygens (including phenoxy) is 1. The first-order chi connectivity index (χ1) is 9.83. The summed E-state index contributed by atoms with van der Waals surface area (Å²) in [6, 6.07) is 4.66. The fraction of sp³-hybridized carbons (Fsp3) is 0.500. The van der Waals surface area contributed by atoms with E-state index in [0.717, 1.165) is 6.07 Å². The van der Waals surface area contributed by atoms with Crippen molar-refractivity contribution in [2.45, 2.75) is 31.7 Å². The van der Waals surface area contributed by atoms with E-state index >= 15 is 0 Å².